The first-order chi connectivity index (χ1) is 12.0. The Morgan fingerprint density at radius 2 is 2.08 bits per heavy atom. The number of β-amino-alcohol motifs (C(OH)–C–C–N with tert-alkyl or cyclic N) is 1. The molecule has 2 aromatic heterocycles. The van der Waals surface area contributed by atoms with Crippen molar-refractivity contribution in [2.24, 2.45) is 0 Å². The Balaban J connectivity index is 1.91. The molecule has 0 saturated heterocycles. The summed E-state index contributed by atoms with van der Waals surface area (Å²) in [4.78, 5) is 4.40. The number of alkyl halides is 2. The van der Waals surface area contributed by atoms with Crippen LogP contribution in [0.1, 0.15) is 29.1 Å². The minimum absolute atomic E-state index is 0.0503. The van der Waals surface area contributed by atoms with Gasteiger partial charge in [0, 0.05) is 12.1 Å². The van der Waals surface area contributed by atoms with Crippen LogP contribution < -0.4 is 10.1 Å². The summed E-state index contributed by atoms with van der Waals surface area (Å²) < 4.78 is 31.6. The molecule has 2 N–H and O–H groups in total. The summed E-state index contributed by atoms with van der Waals surface area (Å²) in [5.41, 5.74) is 1.99. The molecule has 0 spiro atoms. The third-order valence-corrected chi connectivity index (χ3v) is 4.26. The molecule has 3 aromatic rings. The van der Waals surface area contributed by atoms with E-state index in [4.69, 9.17) is 11.6 Å². The van der Waals surface area contributed by atoms with Crippen molar-refractivity contribution in [2.75, 3.05) is 6.54 Å². The second-order valence-electron chi connectivity index (χ2n) is 5.58. The molecule has 0 bridgehead atoms. The predicted octanol–water partition coefficient (Wildman–Crippen LogP) is 2.71. The lowest BCUT2D eigenvalue weighted by Crippen LogP contribution is -2.35. The first kappa shape index (κ1) is 16.2. The quantitative estimate of drug-likeness (QED) is 0.745. The number of hydrogen-bond donors (Lipinski definition) is 2. The van der Waals surface area contributed by atoms with Gasteiger partial charge in [0.2, 0.25) is 0 Å². The first-order valence-electron chi connectivity index (χ1n) is 7.55. The zero-order valence-corrected chi connectivity index (χ0v) is 13.5. The largest absolute Gasteiger partial charge is 0.434 e. The third-order valence-electron chi connectivity index (χ3n) is 4.06. The fourth-order valence-electron chi connectivity index (χ4n) is 3.06. The fourth-order valence-corrected chi connectivity index (χ4v) is 3.20. The molecule has 1 aliphatic heterocycles. The van der Waals surface area contributed by atoms with Crippen molar-refractivity contribution >= 4 is 17.2 Å². The number of halogens is 3. The molecule has 9 heteroatoms. The number of aromatic nitrogens is 3. The number of rotatable bonds is 3. The van der Waals surface area contributed by atoms with Gasteiger partial charge in [-0.1, -0.05) is 29.8 Å². The van der Waals surface area contributed by atoms with E-state index in [-0.39, 0.29) is 17.4 Å². The molecule has 1 aromatic carbocycles. The van der Waals surface area contributed by atoms with Crippen molar-refractivity contribution in [1.82, 2.24) is 19.9 Å². The van der Waals surface area contributed by atoms with Crippen LogP contribution in [0.2, 0.25) is 5.15 Å². The summed E-state index contributed by atoms with van der Waals surface area (Å²) in [6.07, 6.45) is -0.838. The van der Waals surface area contributed by atoms with E-state index >= 15 is 0 Å². The minimum atomic E-state index is -2.94. The maximum absolute atomic E-state index is 12.7. The van der Waals surface area contributed by atoms with E-state index in [9.17, 15) is 13.9 Å². The molecule has 25 heavy (non-hydrogen) atoms. The van der Waals surface area contributed by atoms with E-state index in [1.165, 1.54) is 10.6 Å². The maximum Gasteiger partial charge on any atom is 0.387 e. The summed E-state index contributed by atoms with van der Waals surface area (Å²) in [6, 6.07) is 9.23. The third kappa shape index (κ3) is 2.82. The van der Waals surface area contributed by atoms with Crippen LogP contribution >= 0.6 is 11.6 Å². The number of hydrogen-bond acceptors (Lipinski definition) is 5. The lowest BCUT2D eigenvalue weighted by Gasteiger charge is -2.28. The Labute approximate surface area is 146 Å². The van der Waals surface area contributed by atoms with Gasteiger partial charge in [0.25, 0.3) is 0 Å². The van der Waals surface area contributed by atoms with Crippen LogP contribution in [0.25, 0.3) is 5.65 Å². The van der Waals surface area contributed by atoms with Crippen molar-refractivity contribution in [3.8, 4) is 5.75 Å². The number of ether oxygens (including phenoxy) is 1. The van der Waals surface area contributed by atoms with Gasteiger partial charge in [-0.15, -0.1) is 0 Å². The molecule has 0 radical (unpaired) electrons. The van der Waals surface area contributed by atoms with Crippen molar-refractivity contribution in [2.45, 2.75) is 18.8 Å². The molecule has 4 rings (SSSR count). The van der Waals surface area contributed by atoms with Crippen LogP contribution in [0.4, 0.5) is 8.78 Å². The average Bonchev–Trinajstić information content (AvgIpc) is 2.95. The van der Waals surface area contributed by atoms with Gasteiger partial charge in [-0.3, -0.25) is 0 Å². The molecular formula is C16H13ClF2N4O2. The molecule has 0 amide bonds. The second kappa shape index (κ2) is 6.21. The van der Waals surface area contributed by atoms with Gasteiger partial charge < -0.3 is 15.2 Å². The minimum Gasteiger partial charge on any atom is -0.434 e. The molecule has 2 unspecified atom stereocenters. The van der Waals surface area contributed by atoms with E-state index in [0.29, 0.717) is 22.6 Å². The number of imidazole rings is 1. The number of nitrogens with zero attached hydrogens (tertiary/aromatic N) is 3. The SMILES string of the molecule is OC1CNC(c2ccccc2OC(F)F)c2c1nc1ccc(Cl)nn21. The summed E-state index contributed by atoms with van der Waals surface area (Å²) in [7, 11) is 0. The monoisotopic (exact) mass is 366 g/mol. The maximum atomic E-state index is 12.7. The Morgan fingerprint density at radius 3 is 2.88 bits per heavy atom. The predicted molar refractivity (Wildman–Crippen MR) is 85.9 cm³/mol. The van der Waals surface area contributed by atoms with Crippen LogP contribution in [-0.2, 0) is 0 Å². The van der Waals surface area contributed by atoms with E-state index in [2.05, 4.69) is 20.1 Å². The molecule has 0 aliphatic carbocycles. The molecule has 6 nitrogen and oxygen atoms in total. The van der Waals surface area contributed by atoms with Crippen molar-refractivity contribution < 1.29 is 18.6 Å². The van der Waals surface area contributed by atoms with Crippen LogP contribution in [0.5, 0.6) is 5.75 Å². The van der Waals surface area contributed by atoms with Gasteiger partial charge in [-0.2, -0.15) is 13.9 Å². The van der Waals surface area contributed by atoms with E-state index in [1.54, 1.807) is 30.3 Å². The Morgan fingerprint density at radius 1 is 1.28 bits per heavy atom. The number of benzene rings is 1. The van der Waals surface area contributed by atoms with Crippen molar-refractivity contribution in [3.63, 3.8) is 0 Å². The number of aliphatic hydroxyl groups excluding tert-OH is 1. The van der Waals surface area contributed by atoms with Gasteiger partial charge in [-0.05, 0) is 18.2 Å². The molecule has 0 fully saturated rings. The van der Waals surface area contributed by atoms with Crippen LogP contribution in [-0.4, -0.2) is 32.9 Å². The van der Waals surface area contributed by atoms with Crippen LogP contribution in [0.15, 0.2) is 36.4 Å². The van der Waals surface area contributed by atoms with Crippen LogP contribution in [0.3, 0.4) is 0 Å². The zero-order valence-electron chi connectivity index (χ0n) is 12.7. The Kier molecular flexibility index (Phi) is 4.03. The van der Waals surface area contributed by atoms with Gasteiger partial charge in [-0.25, -0.2) is 9.50 Å². The number of para-hydroxylation sites is 1. The number of fused-ring (bicyclic) bond motifs is 3. The van der Waals surface area contributed by atoms with Crippen molar-refractivity contribution in [1.29, 1.82) is 0 Å². The highest BCUT2D eigenvalue weighted by Crippen LogP contribution is 2.37. The first-order valence-corrected chi connectivity index (χ1v) is 7.92. The van der Waals surface area contributed by atoms with Crippen molar-refractivity contribution in [3.05, 3.63) is 58.5 Å². The molecule has 3 heterocycles. The highest BCUT2D eigenvalue weighted by atomic mass is 35.5. The zero-order chi connectivity index (χ0) is 17.6. The van der Waals surface area contributed by atoms with E-state index in [1.807, 2.05) is 0 Å². The average molecular weight is 367 g/mol. The van der Waals surface area contributed by atoms with Gasteiger partial charge >= 0.3 is 6.61 Å². The molecule has 0 saturated carbocycles. The smallest absolute Gasteiger partial charge is 0.387 e. The topological polar surface area (TPSA) is 71.7 Å². The summed E-state index contributed by atoms with van der Waals surface area (Å²) >= 11 is 5.98. The molecule has 2 atom stereocenters. The second-order valence-corrected chi connectivity index (χ2v) is 5.97. The van der Waals surface area contributed by atoms with Crippen LogP contribution in [0, 0.1) is 0 Å². The Bertz CT molecular complexity index is 934. The lowest BCUT2D eigenvalue weighted by atomic mass is 9.96. The Hall–Kier alpha value is -2.29. The van der Waals surface area contributed by atoms with Gasteiger partial charge in [0.1, 0.15) is 17.0 Å². The number of aliphatic hydroxyl groups is 1. The fraction of sp³-hybridized carbons (Fsp3) is 0.250. The number of nitrogens with one attached hydrogen (secondary N) is 1. The van der Waals surface area contributed by atoms with E-state index in [0.717, 1.165) is 0 Å². The molecule has 130 valence electrons. The summed E-state index contributed by atoms with van der Waals surface area (Å²) in [5.74, 6) is 0.0503. The van der Waals surface area contributed by atoms with Gasteiger partial charge in [0.15, 0.2) is 5.65 Å². The molecule has 1 aliphatic rings. The van der Waals surface area contributed by atoms with Gasteiger partial charge in [0.05, 0.1) is 17.4 Å². The normalized spacial score (nSPS) is 20.0. The lowest BCUT2D eigenvalue weighted by molar-refractivity contribution is -0.0507. The highest BCUT2D eigenvalue weighted by Gasteiger charge is 2.34. The summed E-state index contributed by atoms with van der Waals surface area (Å²) in [6.45, 7) is -2.72. The van der Waals surface area contributed by atoms with E-state index < -0.39 is 18.8 Å². The molecular weight excluding hydrogens is 354 g/mol. The standard InChI is InChI=1S/C16H13ClF2N4O2/c17-11-5-6-12-21-14-9(24)7-20-13(15(14)23(12)22-11)8-3-1-2-4-10(8)25-16(18)19/h1-6,9,13,16,20,24H,7H2. The summed E-state index contributed by atoms with van der Waals surface area (Å²) in [5, 5.41) is 17.9. The highest BCUT2D eigenvalue weighted by molar-refractivity contribution is 6.29.